The second-order valence-electron chi connectivity index (χ2n) is 4.83. The quantitative estimate of drug-likeness (QED) is 0.860. The van der Waals surface area contributed by atoms with Crippen LogP contribution in [0.3, 0.4) is 0 Å². The lowest BCUT2D eigenvalue weighted by Crippen LogP contribution is -2.32. The second kappa shape index (κ2) is 6.58. The van der Waals surface area contributed by atoms with E-state index in [1.807, 2.05) is 18.0 Å². The Kier molecular flexibility index (Phi) is 4.80. The molecule has 2 heterocycles. The number of anilines is 2. The summed E-state index contributed by atoms with van der Waals surface area (Å²) in [5.74, 6) is 0.150. The Labute approximate surface area is 128 Å². The van der Waals surface area contributed by atoms with Crippen LogP contribution in [-0.4, -0.2) is 31.2 Å². The van der Waals surface area contributed by atoms with Gasteiger partial charge in [-0.1, -0.05) is 6.07 Å². The summed E-state index contributed by atoms with van der Waals surface area (Å²) in [6, 6.07) is 5.93. The van der Waals surface area contributed by atoms with Crippen molar-refractivity contribution in [2.24, 2.45) is 0 Å². The number of esters is 1. The molecule has 0 saturated heterocycles. The minimum absolute atomic E-state index is 0.214. The molecule has 0 spiro atoms. The lowest BCUT2D eigenvalue weighted by atomic mass is 10.1. The predicted octanol–water partition coefficient (Wildman–Crippen LogP) is 2.58. The van der Waals surface area contributed by atoms with Gasteiger partial charge in [0.1, 0.15) is 0 Å². The zero-order valence-corrected chi connectivity index (χ0v) is 13.2. The molecule has 0 aliphatic heterocycles. The summed E-state index contributed by atoms with van der Waals surface area (Å²) in [6.45, 7) is 2.10. The molecule has 2 aromatic heterocycles. The van der Waals surface area contributed by atoms with E-state index in [1.54, 1.807) is 23.6 Å². The highest BCUT2D eigenvalue weighted by molar-refractivity contribution is 7.09. The Bertz CT molecular complexity index is 613. The number of nitrogens with zero attached hydrogens (tertiary/aromatic N) is 2. The molecule has 112 valence electrons. The summed E-state index contributed by atoms with van der Waals surface area (Å²) < 4.78 is 4.73. The summed E-state index contributed by atoms with van der Waals surface area (Å²) in [5, 5.41) is 2.06. The van der Waals surface area contributed by atoms with Gasteiger partial charge in [0, 0.05) is 30.6 Å². The van der Waals surface area contributed by atoms with Gasteiger partial charge in [0.2, 0.25) is 0 Å². The molecule has 2 N–H and O–H groups in total. The average Bonchev–Trinajstić information content (AvgIpc) is 2.99. The van der Waals surface area contributed by atoms with Crippen LogP contribution in [-0.2, 0) is 11.2 Å². The van der Waals surface area contributed by atoms with E-state index in [4.69, 9.17) is 10.5 Å². The normalized spacial score (nSPS) is 12.0. The van der Waals surface area contributed by atoms with Gasteiger partial charge in [0.15, 0.2) is 5.82 Å². The molecule has 0 radical (unpaired) electrons. The molecule has 6 heteroatoms. The highest BCUT2D eigenvalue weighted by atomic mass is 32.1. The first-order chi connectivity index (χ1) is 10.0. The van der Waals surface area contributed by atoms with Crippen molar-refractivity contribution in [2.75, 3.05) is 24.8 Å². The topological polar surface area (TPSA) is 68.5 Å². The summed E-state index contributed by atoms with van der Waals surface area (Å²) in [7, 11) is 3.27. The Hall–Kier alpha value is -2.08. The van der Waals surface area contributed by atoms with E-state index in [-0.39, 0.29) is 6.04 Å². The first-order valence-corrected chi connectivity index (χ1v) is 7.50. The predicted molar refractivity (Wildman–Crippen MR) is 85.9 cm³/mol. The third kappa shape index (κ3) is 3.33. The van der Waals surface area contributed by atoms with Crippen LogP contribution in [0.15, 0.2) is 29.8 Å². The lowest BCUT2D eigenvalue weighted by molar-refractivity contribution is 0.0602. The number of methoxy groups -OCH3 is 1. The van der Waals surface area contributed by atoms with Gasteiger partial charge < -0.3 is 15.4 Å². The Morgan fingerprint density at radius 2 is 2.29 bits per heavy atom. The van der Waals surface area contributed by atoms with Crippen LogP contribution in [0, 0.1) is 0 Å². The van der Waals surface area contributed by atoms with Crippen LogP contribution in [0.1, 0.15) is 22.2 Å². The van der Waals surface area contributed by atoms with Crippen LogP contribution in [0.25, 0.3) is 0 Å². The summed E-state index contributed by atoms with van der Waals surface area (Å²) in [6.07, 6.45) is 2.48. The summed E-state index contributed by atoms with van der Waals surface area (Å²) >= 11 is 1.73. The van der Waals surface area contributed by atoms with Crippen molar-refractivity contribution in [3.63, 3.8) is 0 Å². The van der Waals surface area contributed by atoms with E-state index in [0.29, 0.717) is 17.1 Å². The standard InChI is InChI=1S/C15H19N3O2S/c1-10(9-11-5-4-8-21-11)18(2)14-13(16)12(6-7-17-14)15(19)20-3/h4-8,10H,9,16H2,1-3H3. The smallest absolute Gasteiger partial charge is 0.340 e. The number of nitrogen functional groups attached to an aromatic ring is 1. The first kappa shape index (κ1) is 15.3. The van der Waals surface area contributed by atoms with Crippen molar-refractivity contribution < 1.29 is 9.53 Å². The molecular weight excluding hydrogens is 286 g/mol. The molecule has 2 aromatic rings. The molecule has 0 aliphatic rings. The van der Waals surface area contributed by atoms with Gasteiger partial charge in [-0.05, 0) is 24.4 Å². The van der Waals surface area contributed by atoms with Crippen LogP contribution < -0.4 is 10.6 Å². The largest absolute Gasteiger partial charge is 0.465 e. The number of carbonyl (C=O) groups is 1. The molecule has 2 rings (SSSR count). The minimum atomic E-state index is -0.449. The van der Waals surface area contributed by atoms with Gasteiger partial charge in [-0.25, -0.2) is 9.78 Å². The summed E-state index contributed by atoms with van der Waals surface area (Å²) in [4.78, 5) is 19.3. The van der Waals surface area contributed by atoms with Crippen molar-refractivity contribution in [2.45, 2.75) is 19.4 Å². The van der Waals surface area contributed by atoms with Crippen molar-refractivity contribution in [1.82, 2.24) is 4.98 Å². The van der Waals surface area contributed by atoms with Crippen molar-refractivity contribution in [3.8, 4) is 0 Å². The van der Waals surface area contributed by atoms with Crippen LogP contribution in [0.2, 0.25) is 0 Å². The molecule has 0 amide bonds. The zero-order chi connectivity index (χ0) is 15.4. The van der Waals surface area contributed by atoms with Gasteiger partial charge in [-0.15, -0.1) is 11.3 Å². The van der Waals surface area contributed by atoms with E-state index >= 15 is 0 Å². The first-order valence-electron chi connectivity index (χ1n) is 6.62. The molecule has 0 fully saturated rings. The Balaban J connectivity index is 2.22. The molecule has 21 heavy (non-hydrogen) atoms. The lowest BCUT2D eigenvalue weighted by Gasteiger charge is -2.27. The Morgan fingerprint density at radius 3 is 2.90 bits per heavy atom. The number of pyridine rings is 1. The van der Waals surface area contributed by atoms with Gasteiger partial charge in [-0.2, -0.15) is 0 Å². The highest BCUT2D eigenvalue weighted by Gasteiger charge is 2.19. The van der Waals surface area contributed by atoms with E-state index in [2.05, 4.69) is 23.4 Å². The van der Waals surface area contributed by atoms with E-state index < -0.39 is 5.97 Å². The van der Waals surface area contributed by atoms with Crippen LogP contribution in [0.5, 0.6) is 0 Å². The van der Waals surface area contributed by atoms with Gasteiger partial charge >= 0.3 is 5.97 Å². The number of hydrogen-bond acceptors (Lipinski definition) is 6. The zero-order valence-electron chi connectivity index (χ0n) is 12.4. The SMILES string of the molecule is COC(=O)c1ccnc(N(C)C(C)Cc2cccs2)c1N. The van der Waals surface area contributed by atoms with Crippen LogP contribution >= 0.6 is 11.3 Å². The van der Waals surface area contributed by atoms with E-state index in [1.165, 1.54) is 12.0 Å². The monoisotopic (exact) mass is 305 g/mol. The van der Waals surface area contributed by atoms with Gasteiger partial charge in [0.25, 0.3) is 0 Å². The minimum Gasteiger partial charge on any atom is -0.465 e. The van der Waals surface area contributed by atoms with Gasteiger partial charge in [0.05, 0.1) is 18.4 Å². The number of hydrogen-bond donors (Lipinski definition) is 1. The highest BCUT2D eigenvalue weighted by Crippen LogP contribution is 2.26. The number of likely N-dealkylation sites (N-methyl/N-ethyl adjacent to an activating group) is 1. The third-order valence-electron chi connectivity index (χ3n) is 3.45. The fourth-order valence-corrected chi connectivity index (χ4v) is 2.92. The summed E-state index contributed by atoms with van der Waals surface area (Å²) in [5.41, 5.74) is 6.77. The number of carbonyl (C=O) groups excluding carboxylic acids is 1. The third-order valence-corrected chi connectivity index (χ3v) is 4.35. The maximum Gasteiger partial charge on any atom is 0.340 e. The van der Waals surface area contributed by atoms with E-state index in [9.17, 15) is 4.79 Å². The Morgan fingerprint density at radius 1 is 1.52 bits per heavy atom. The maximum absolute atomic E-state index is 11.7. The molecule has 0 saturated carbocycles. The number of thiophene rings is 1. The van der Waals surface area contributed by atoms with Crippen molar-refractivity contribution in [3.05, 3.63) is 40.2 Å². The fraction of sp³-hybridized carbons (Fsp3) is 0.333. The van der Waals surface area contributed by atoms with Gasteiger partial charge in [-0.3, -0.25) is 0 Å². The number of aromatic nitrogens is 1. The second-order valence-corrected chi connectivity index (χ2v) is 5.86. The molecule has 0 bridgehead atoms. The van der Waals surface area contributed by atoms with Crippen molar-refractivity contribution >= 4 is 28.8 Å². The van der Waals surface area contributed by atoms with Crippen LogP contribution in [0.4, 0.5) is 11.5 Å². The molecule has 1 atom stereocenters. The molecule has 0 aliphatic carbocycles. The molecule has 1 unspecified atom stereocenters. The molecule has 5 nitrogen and oxygen atoms in total. The number of ether oxygens (including phenoxy) is 1. The molecule has 0 aromatic carbocycles. The number of nitrogens with two attached hydrogens (primary N) is 1. The fourth-order valence-electron chi connectivity index (χ4n) is 2.10. The molecular formula is C15H19N3O2S. The van der Waals surface area contributed by atoms with Crippen molar-refractivity contribution in [1.29, 1.82) is 0 Å². The maximum atomic E-state index is 11.7. The number of rotatable bonds is 5. The van der Waals surface area contributed by atoms with E-state index in [0.717, 1.165) is 6.42 Å². The average molecular weight is 305 g/mol.